The monoisotopic (exact) mass is 420 g/mol. The van der Waals surface area contributed by atoms with Crippen LogP contribution in [0.2, 0.25) is 0 Å². The zero-order valence-corrected chi connectivity index (χ0v) is 18.8. The summed E-state index contributed by atoms with van der Waals surface area (Å²) in [4.78, 5) is 30.7. The molecule has 1 N–H and O–H groups in total. The Morgan fingerprint density at radius 2 is 1.61 bits per heavy atom. The van der Waals surface area contributed by atoms with Crippen molar-refractivity contribution in [2.45, 2.75) is 58.5 Å². The summed E-state index contributed by atoms with van der Waals surface area (Å²) in [5, 5.41) is 11.6. The summed E-state index contributed by atoms with van der Waals surface area (Å²) in [5.74, 6) is -0.601. The predicted molar refractivity (Wildman–Crippen MR) is 122 cm³/mol. The van der Waals surface area contributed by atoms with Gasteiger partial charge in [-0.05, 0) is 75.5 Å². The molecular formula is C26H32N2O3. The molecule has 2 aromatic carbocycles. The average Bonchev–Trinajstić information content (AvgIpc) is 2.92. The number of carbonyl (C=O) groups excluding carboxylic acids is 2. The standard InChI is InChI=1S/C26H32N2O3/c1-18-14-20(3)21(15-19(18)2)24(29)16-26(31)22-10-6-7-11-23(22)28(25(26)30)17-27-12-8-4-5-9-13-27/h6-7,10-11,14-15,31H,4-5,8-9,12-13,16-17H2,1-3H3. The number of fused-ring (bicyclic) bond motifs is 1. The van der Waals surface area contributed by atoms with Gasteiger partial charge in [-0.3, -0.25) is 19.4 Å². The fraction of sp³-hybridized carbons (Fsp3) is 0.462. The second kappa shape index (κ2) is 8.56. The van der Waals surface area contributed by atoms with Crippen molar-refractivity contribution < 1.29 is 14.7 Å². The number of amides is 1. The molecule has 5 heteroatoms. The van der Waals surface area contributed by atoms with Crippen molar-refractivity contribution >= 4 is 17.4 Å². The number of hydrogen-bond donors (Lipinski definition) is 1. The third-order valence-corrected chi connectivity index (χ3v) is 6.84. The van der Waals surface area contributed by atoms with E-state index >= 15 is 0 Å². The molecule has 0 aromatic heterocycles. The molecule has 0 spiro atoms. The topological polar surface area (TPSA) is 60.9 Å². The highest BCUT2D eigenvalue weighted by molar-refractivity contribution is 6.11. The number of Topliss-reactive ketones (excluding diaryl/α,β-unsaturated/α-hetero) is 1. The van der Waals surface area contributed by atoms with Gasteiger partial charge in [0, 0.05) is 11.1 Å². The Balaban J connectivity index is 1.63. The smallest absolute Gasteiger partial charge is 0.265 e. The molecule has 31 heavy (non-hydrogen) atoms. The number of hydrogen-bond acceptors (Lipinski definition) is 4. The normalized spacial score (nSPS) is 21.8. The first-order chi connectivity index (χ1) is 14.8. The molecule has 2 aliphatic rings. The maximum atomic E-state index is 13.5. The Kier molecular flexibility index (Phi) is 6.00. The number of benzene rings is 2. The van der Waals surface area contributed by atoms with Crippen molar-refractivity contribution in [3.05, 3.63) is 64.2 Å². The molecule has 2 aromatic rings. The summed E-state index contributed by atoms with van der Waals surface area (Å²) in [5.41, 5.74) is 3.02. The summed E-state index contributed by atoms with van der Waals surface area (Å²) in [6, 6.07) is 11.2. The summed E-state index contributed by atoms with van der Waals surface area (Å²) in [7, 11) is 0. The Morgan fingerprint density at radius 1 is 0.968 bits per heavy atom. The van der Waals surface area contributed by atoms with E-state index in [-0.39, 0.29) is 12.2 Å². The number of ketones is 1. The zero-order chi connectivity index (χ0) is 22.2. The molecule has 164 valence electrons. The van der Waals surface area contributed by atoms with Gasteiger partial charge in [-0.2, -0.15) is 0 Å². The fourth-order valence-corrected chi connectivity index (χ4v) is 4.88. The van der Waals surface area contributed by atoms with E-state index in [1.807, 2.05) is 51.1 Å². The van der Waals surface area contributed by atoms with Crippen LogP contribution in [0.5, 0.6) is 0 Å². The van der Waals surface area contributed by atoms with Crippen LogP contribution in [0.4, 0.5) is 5.69 Å². The number of likely N-dealkylation sites (tertiary alicyclic amines) is 1. The van der Waals surface area contributed by atoms with Crippen LogP contribution in [0.1, 0.15) is 64.7 Å². The summed E-state index contributed by atoms with van der Waals surface area (Å²) in [6.45, 7) is 8.24. The lowest BCUT2D eigenvalue weighted by atomic mass is 9.86. The van der Waals surface area contributed by atoms with Gasteiger partial charge in [-0.15, -0.1) is 0 Å². The van der Waals surface area contributed by atoms with E-state index in [0.29, 0.717) is 23.5 Å². The molecule has 1 fully saturated rings. The number of aliphatic hydroxyl groups is 1. The first-order valence-electron chi connectivity index (χ1n) is 11.3. The second-order valence-electron chi connectivity index (χ2n) is 9.14. The first kappa shape index (κ1) is 21.7. The Morgan fingerprint density at radius 3 is 2.32 bits per heavy atom. The van der Waals surface area contributed by atoms with Gasteiger partial charge in [0.2, 0.25) is 0 Å². The van der Waals surface area contributed by atoms with Gasteiger partial charge in [0.1, 0.15) is 0 Å². The third-order valence-electron chi connectivity index (χ3n) is 6.84. The van der Waals surface area contributed by atoms with Crippen LogP contribution < -0.4 is 4.90 Å². The van der Waals surface area contributed by atoms with Gasteiger partial charge in [-0.1, -0.05) is 37.1 Å². The minimum Gasteiger partial charge on any atom is -0.375 e. The van der Waals surface area contributed by atoms with Gasteiger partial charge in [0.05, 0.1) is 18.8 Å². The minimum atomic E-state index is -1.83. The van der Waals surface area contributed by atoms with Crippen LogP contribution in [-0.4, -0.2) is 41.5 Å². The van der Waals surface area contributed by atoms with Crippen molar-refractivity contribution in [3.63, 3.8) is 0 Å². The Bertz CT molecular complexity index is 1010. The van der Waals surface area contributed by atoms with Gasteiger partial charge in [0.15, 0.2) is 11.4 Å². The summed E-state index contributed by atoms with van der Waals surface area (Å²) in [6.07, 6.45) is 4.43. The first-order valence-corrected chi connectivity index (χ1v) is 11.3. The van der Waals surface area contributed by atoms with E-state index in [9.17, 15) is 14.7 Å². The molecule has 0 bridgehead atoms. The van der Waals surface area contributed by atoms with E-state index < -0.39 is 11.5 Å². The lowest BCUT2D eigenvalue weighted by molar-refractivity contribution is -0.136. The molecule has 2 aliphatic heterocycles. The van der Waals surface area contributed by atoms with Gasteiger partial charge in [-0.25, -0.2) is 0 Å². The molecule has 4 rings (SSSR count). The van der Waals surface area contributed by atoms with E-state index in [2.05, 4.69) is 4.90 Å². The summed E-state index contributed by atoms with van der Waals surface area (Å²) >= 11 is 0. The van der Waals surface area contributed by atoms with Gasteiger partial charge >= 0.3 is 0 Å². The Hall–Kier alpha value is -2.50. The molecule has 5 nitrogen and oxygen atoms in total. The quantitative estimate of drug-likeness (QED) is 0.735. The van der Waals surface area contributed by atoms with Crippen LogP contribution >= 0.6 is 0 Å². The molecule has 2 heterocycles. The maximum Gasteiger partial charge on any atom is 0.265 e. The number of para-hydroxylation sites is 1. The molecule has 1 saturated heterocycles. The SMILES string of the molecule is Cc1cc(C)c(C(=O)CC2(O)C(=O)N(CN3CCCCCC3)c3ccccc32)cc1C. The van der Waals surface area contributed by atoms with Crippen molar-refractivity contribution in [1.82, 2.24) is 4.90 Å². The predicted octanol–water partition coefficient (Wildman–Crippen LogP) is 4.25. The van der Waals surface area contributed by atoms with E-state index in [0.717, 1.165) is 42.6 Å². The molecule has 0 aliphatic carbocycles. The van der Waals surface area contributed by atoms with Crippen molar-refractivity contribution in [1.29, 1.82) is 0 Å². The minimum absolute atomic E-state index is 0.206. The van der Waals surface area contributed by atoms with E-state index in [4.69, 9.17) is 0 Å². The largest absolute Gasteiger partial charge is 0.375 e. The molecule has 0 saturated carbocycles. The van der Waals surface area contributed by atoms with Crippen LogP contribution in [0, 0.1) is 20.8 Å². The highest BCUT2D eigenvalue weighted by Crippen LogP contribution is 2.43. The van der Waals surface area contributed by atoms with Crippen molar-refractivity contribution in [3.8, 4) is 0 Å². The highest BCUT2D eigenvalue weighted by atomic mass is 16.3. The number of carbonyl (C=O) groups is 2. The number of aryl methyl sites for hydroxylation is 3. The van der Waals surface area contributed by atoms with Gasteiger partial charge < -0.3 is 5.11 Å². The lowest BCUT2D eigenvalue weighted by Crippen LogP contribution is -2.46. The Labute approximate surface area is 184 Å². The molecule has 1 atom stereocenters. The molecular weight excluding hydrogens is 388 g/mol. The summed E-state index contributed by atoms with van der Waals surface area (Å²) < 4.78 is 0. The van der Waals surface area contributed by atoms with Crippen LogP contribution in [0.15, 0.2) is 36.4 Å². The van der Waals surface area contributed by atoms with Crippen LogP contribution in [0.3, 0.4) is 0 Å². The van der Waals surface area contributed by atoms with Crippen LogP contribution in [0.25, 0.3) is 0 Å². The van der Waals surface area contributed by atoms with E-state index in [1.54, 1.807) is 11.0 Å². The second-order valence-corrected chi connectivity index (χ2v) is 9.14. The van der Waals surface area contributed by atoms with Crippen molar-refractivity contribution in [2.75, 3.05) is 24.7 Å². The number of anilines is 1. The number of nitrogens with zero attached hydrogens (tertiary/aromatic N) is 2. The molecule has 0 radical (unpaired) electrons. The maximum absolute atomic E-state index is 13.5. The third kappa shape index (κ3) is 4.04. The number of rotatable bonds is 5. The fourth-order valence-electron chi connectivity index (χ4n) is 4.88. The molecule has 1 amide bonds. The zero-order valence-electron chi connectivity index (χ0n) is 18.8. The van der Waals surface area contributed by atoms with Crippen molar-refractivity contribution in [2.24, 2.45) is 0 Å². The lowest BCUT2D eigenvalue weighted by Gasteiger charge is -2.28. The van der Waals surface area contributed by atoms with Crippen LogP contribution in [-0.2, 0) is 10.4 Å². The van der Waals surface area contributed by atoms with E-state index in [1.165, 1.54) is 12.8 Å². The average molecular weight is 421 g/mol. The highest BCUT2D eigenvalue weighted by Gasteiger charge is 2.51. The van der Waals surface area contributed by atoms with Gasteiger partial charge in [0.25, 0.3) is 5.91 Å². The molecule has 1 unspecified atom stereocenters.